The van der Waals surface area contributed by atoms with Gasteiger partial charge in [0.2, 0.25) is 0 Å². The van der Waals surface area contributed by atoms with Crippen LogP contribution in [-0.2, 0) is 17.4 Å². The predicted molar refractivity (Wildman–Crippen MR) is 50.7 cm³/mol. The van der Waals surface area contributed by atoms with Crippen LogP contribution in [-0.4, -0.2) is 12.0 Å². The summed E-state index contributed by atoms with van der Waals surface area (Å²) in [4.78, 5) is 10.6. The normalized spacial score (nSPS) is 13.6. The van der Waals surface area contributed by atoms with Crippen LogP contribution in [0.1, 0.15) is 18.1 Å². The Labute approximate surface area is 90.1 Å². The molecule has 0 radical (unpaired) electrons. The largest absolute Gasteiger partial charge is 0.416 e. The van der Waals surface area contributed by atoms with Gasteiger partial charge in [-0.25, -0.2) is 4.39 Å². The predicted octanol–water partition coefficient (Wildman–Crippen LogP) is 3.18. The number of ketones is 1. The van der Waals surface area contributed by atoms with Crippen molar-refractivity contribution >= 4 is 5.78 Å². The quantitative estimate of drug-likeness (QED) is 0.734. The van der Waals surface area contributed by atoms with Crippen molar-refractivity contribution in [1.82, 2.24) is 0 Å². The molecular weight excluding hydrogens is 224 g/mol. The molecule has 88 valence electrons. The summed E-state index contributed by atoms with van der Waals surface area (Å²) in [6, 6.07) is 4.11. The van der Waals surface area contributed by atoms with E-state index in [1.807, 2.05) is 0 Å². The molecule has 5 heteroatoms. The van der Waals surface area contributed by atoms with Crippen molar-refractivity contribution in [3.63, 3.8) is 0 Å². The highest BCUT2D eigenvalue weighted by molar-refractivity contribution is 5.80. The molecule has 0 amide bonds. The molecule has 0 bridgehead atoms. The zero-order valence-corrected chi connectivity index (χ0v) is 8.51. The number of alkyl halides is 4. The molecule has 0 aliphatic heterocycles. The number of hydrogen-bond donors (Lipinski definition) is 0. The third kappa shape index (κ3) is 3.32. The van der Waals surface area contributed by atoms with Crippen LogP contribution >= 0.6 is 0 Å². The summed E-state index contributed by atoms with van der Waals surface area (Å²) >= 11 is 0. The first kappa shape index (κ1) is 12.7. The van der Waals surface area contributed by atoms with Crippen molar-refractivity contribution < 1.29 is 22.4 Å². The molecule has 0 saturated carbocycles. The molecule has 0 saturated heterocycles. The molecule has 1 atom stereocenters. The lowest BCUT2D eigenvalue weighted by Gasteiger charge is -2.08. The zero-order chi connectivity index (χ0) is 12.3. The van der Waals surface area contributed by atoms with Crippen LogP contribution in [0, 0.1) is 0 Å². The van der Waals surface area contributed by atoms with Crippen molar-refractivity contribution in [2.24, 2.45) is 0 Å². The third-order valence-corrected chi connectivity index (χ3v) is 2.14. The Balaban J connectivity index is 2.76. The van der Waals surface area contributed by atoms with Gasteiger partial charge in [-0.15, -0.1) is 0 Å². The second-order valence-electron chi connectivity index (χ2n) is 3.48. The number of rotatable bonds is 3. The topological polar surface area (TPSA) is 17.1 Å². The maximum Gasteiger partial charge on any atom is 0.416 e. The molecule has 16 heavy (non-hydrogen) atoms. The van der Waals surface area contributed by atoms with E-state index in [2.05, 4.69) is 0 Å². The summed E-state index contributed by atoms with van der Waals surface area (Å²) in [5, 5.41) is 0. The Bertz CT molecular complexity index is 367. The third-order valence-electron chi connectivity index (χ3n) is 2.14. The first-order chi connectivity index (χ1) is 7.30. The summed E-state index contributed by atoms with van der Waals surface area (Å²) in [5.41, 5.74) is -0.412. The Morgan fingerprint density at radius 3 is 2.12 bits per heavy atom. The average Bonchev–Trinajstić information content (AvgIpc) is 2.17. The molecule has 0 N–H and O–H groups in total. The minimum atomic E-state index is -4.39. The van der Waals surface area contributed by atoms with Crippen molar-refractivity contribution in [1.29, 1.82) is 0 Å². The number of halogens is 4. The number of carbonyl (C=O) groups excluding carboxylic acids is 1. The van der Waals surface area contributed by atoms with Gasteiger partial charge in [0.1, 0.15) is 0 Å². The Kier molecular flexibility index (Phi) is 3.67. The summed E-state index contributed by atoms with van der Waals surface area (Å²) in [6.07, 6.45) is -6.24. The second kappa shape index (κ2) is 4.63. The van der Waals surface area contributed by atoms with E-state index >= 15 is 0 Å². The summed E-state index contributed by atoms with van der Waals surface area (Å²) < 4.78 is 49.5. The van der Waals surface area contributed by atoms with Crippen LogP contribution in [0.2, 0.25) is 0 Å². The molecule has 0 fully saturated rings. The number of Topliss-reactive ketones (excluding diaryl/α,β-unsaturated/α-hetero) is 1. The van der Waals surface area contributed by atoms with Crippen molar-refractivity contribution in [2.75, 3.05) is 0 Å². The standard InChI is InChI=1S/C11H10F4O/c1-7(16)10(12)6-8-2-4-9(5-3-8)11(13,14)15/h2-5,10H,6H2,1H3. The highest BCUT2D eigenvalue weighted by Gasteiger charge is 2.30. The molecule has 0 aliphatic rings. The second-order valence-corrected chi connectivity index (χ2v) is 3.48. The van der Waals surface area contributed by atoms with Gasteiger partial charge in [0.25, 0.3) is 0 Å². The van der Waals surface area contributed by atoms with Crippen LogP contribution < -0.4 is 0 Å². The van der Waals surface area contributed by atoms with E-state index in [1.54, 1.807) is 0 Å². The van der Waals surface area contributed by atoms with Gasteiger partial charge >= 0.3 is 6.18 Å². The smallest absolute Gasteiger partial charge is 0.297 e. The Hall–Kier alpha value is -1.39. The van der Waals surface area contributed by atoms with E-state index < -0.39 is 23.7 Å². The SMILES string of the molecule is CC(=O)C(F)Cc1ccc(C(F)(F)F)cc1. The lowest BCUT2D eigenvalue weighted by atomic mass is 10.0. The molecule has 0 heterocycles. The van der Waals surface area contributed by atoms with E-state index in [-0.39, 0.29) is 6.42 Å². The first-order valence-corrected chi connectivity index (χ1v) is 4.61. The maximum atomic E-state index is 13.0. The molecule has 1 aromatic carbocycles. The van der Waals surface area contributed by atoms with Gasteiger partial charge in [0.15, 0.2) is 12.0 Å². The molecule has 1 unspecified atom stereocenters. The molecule has 1 rings (SSSR count). The van der Waals surface area contributed by atoms with Gasteiger partial charge in [-0.2, -0.15) is 13.2 Å². The average molecular weight is 234 g/mol. The van der Waals surface area contributed by atoms with Crippen LogP contribution in [0.25, 0.3) is 0 Å². The summed E-state index contributed by atoms with van der Waals surface area (Å²) in [6.45, 7) is 1.11. The Morgan fingerprint density at radius 2 is 1.75 bits per heavy atom. The van der Waals surface area contributed by atoms with E-state index in [0.29, 0.717) is 5.56 Å². The summed E-state index contributed by atoms with van der Waals surface area (Å²) in [7, 11) is 0. The van der Waals surface area contributed by atoms with Gasteiger partial charge in [-0.1, -0.05) is 12.1 Å². The van der Waals surface area contributed by atoms with Gasteiger partial charge < -0.3 is 0 Å². The minimum Gasteiger partial charge on any atom is -0.297 e. The van der Waals surface area contributed by atoms with Gasteiger partial charge in [-0.05, 0) is 24.6 Å². The lowest BCUT2D eigenvalue weighted by molar-refractivity contribution is -0.137. The van der Waals surface area contributed by atoms with Crippen LogP contribution in [0.3, 0.4) is 0 Å². The van der Waals surface area contributed by atoms with Gasteiger partial charge in [-0.3, -0.25) is 4.79 Å². The molecule has 1 nitrogen and oxygen atoms in total. The summed E-state index contributed by atoms with van der Waals surface area (Å²) in [5.74, 6) is -0.625. The van der Waals surface area contributed by atoms with E-state index in [1.165, 1.54) is 12.1 Å². The molecule has 0 aromatic heterocycles. The molecule has 1 aromatic rings. The monoisotopic (exact) mass is 234 g/mol. The van der Waals surface area contributed by atoms with Crippen molar-refractivity contribution in [2.45, 2.75) is 25.7 Å². The van der Waals surface area contributed by atoms with Crippen LogP contribution in [0.4, 0.5) is 17.6 Å². The number of benzene rings is 1. The maximum absolute atomic E-state index is 13.0. The molecule has 0 spiro atoms. The zero-order valence-electron chi connectivity index (χ0n) is 8.51. The number of carbonyl (C=O) groups is 1. The van der Waals surface area contributed by atoms with Crippen LogP contribution in [0.15, 0.2) is 24.3 Å². The van der Waals surface area contributed by atoms with E-state index in [0.717, 1.165) is 19.1 Å². The highest BCUT2D eigenvalue weighted by atomic mass is 19.4. The van der Waals surface area contributed by atoms with Crippen LogP contribution in [0.5, 0.6) is 0 Å². The minimum absolute atomic E-state index is 0.187. The van der Waals surface area contributed by atoms with E-state index in [9.17, 15) is 22.4 Å². The Morgan fingerprint density at radius 1 is 1.25 bits per heavy atom. The highest BCUT2D eigenvalue weighted by Crippen LogP contribution is 2.29. The fourth-order valence-electron chi connectivity index (χ4n) is 1.18. The molecule has 0 aliphatic carbocycles. The van der Waals surface area contributed by atoms with Crippen molar-refractivity contribution in [3.8, 4) is 0 Å². The fourth-order valence-corrected chi connectivity index (χ4v) is 1.18. The van der Waals surface area contributed by atoms with Crippen molar-refractivity contribution in [3.05, 3.63) is 35.4 Å². The number of hydrogen-bond acceptors (Lipinski definition) is 1. The molecular formula is C11H10F4O. The first-order valence-electron chi connectivity index (χ1n) is 4.61. The van der Waals surface area contributed by atoms with Gasteiger partial charge in [0, 0.05) is 6.42 Å². The lowest BCUT2D eigenvalue weighted by Crippen LogP contribution is -2.14. The fraction of sp³-hybridized carbons (Fsp3) is 0.364. The van der Waals surface area contributed by atoms with Gasteiger partial charge in [0.05, 0.1) is 5.56 Å². The van der Waals surface area contributed by atoms with E-state index in [4.69, 9.17) is 0 Å².